The van der Waals surface area contributed by atoms with Crippen molar-refractivity contribution in [3.63, 3.8) is 0 Å². The first-order valence-corrected chi connectivity index (χ1v) is 8.09. The molecule has 0 saturated carbocycles. The fourth-order valence-electron chi connectivity index (χ4n) is 2.14. The van der Waals surface area contributed by atoms with Gasteiger partial charge in [-0.2, -0.15) is 0 Å². The summed E-state index contributed by atoms with van der Waals surface area (Å²) in [7, 11) is 3.70. The van der Waals surface area contributed by atoms with E-state index in [-0.39, 0.29) is 24.0 Å². The van der Waals surface area contributed by atoms with Crippen LogP contribution in [0.4, 0.5) is 0 Å². The first-order chi connectivity index (χ1) is 11.0. The highest BCUT2D eigenvalue weighted by molar-refractivity contribution is 14.0. The summed E-state index contributed by atoms with van der Waals surface area (Å²) < 4.78 is 5.26. The van der Waals surface area contributed by atoms with Crippen molar-refractivity contribution in [2.45, 2.75) is 26.4 Å². The van der Waals surface area contributed by atoms with Crippen molar-refractivity contribution in [3.8, 4) is 0 Å². The van der Waals surface area contributed by atoms with Crippen LogP contribution in [0, 0.1) is 0 Å². The number of guanidine groups is 1. The fraction of sp³-hybridized carbons (Fsp3) is 0.375. The molecule has 0 amide bonds. The Morgan fingerprint density at radius 2 is 2.04 bits per heavy atom. The molecule has 8 heteroatoms. The van der Waals surface area contributed by atoms with Gasteiger partial charge in [0, 0.05) is 26.7 Å². The molecule has 0 bridgehead atoms. The van der Waals surface area contributed by atoms with Crippen molar-refractivity contribution in [2.24, 2.45) is 4.99 Å². The third-order valence-corrected chi connectivity index (χ3v) is 4.11. The van der Waals surface area contributed by atoms with Crippen LogP contribution < -0.4 is 5.32 Å². The first kappa shape index (κ1) is 21.1. The largest absolute Gasteiger partial charge is 0.359 e. The summed E-state index contributed by atoms with van der Waals surface area (Å²) in [4.78, 5) is 6.27. The molecule has 0 atom stereocenters. The SMILES string of the molecule is CCc1cc(CNC(=NC)N(C)Cc2ccc(Cl)c(Cl)c2)on1.I. The van der Waals surface area contributed by atoms with Crippen molar-refractivity contribution in [1.82, 2.24) is 15.4 Å². The van der Waals surface area contributed by atoms with Crippen LogP contribution in [0.3, 0.4) is 0 Å². The van der Waals surface area contributed by atoms with Crippen LogP contribution in [-0.2, 0) is 19.5 Å². The number of aliphatic imine (C=N–C) groups is 1. The van der Waals surface area contributed by atoms with Gasteiger partial charge >= 0.3 is 0 Å². The van der Waals surface area contributed by atoms with Gasteiger partial charge in [-0.25, -0.2) is 0 Å². The Balaban J connectivity index is 0.00000288. The smallest absolute Gasteiger partial charge is 0.194 e. The predicted octanol–water partition coefficient (Wildman–Crippen LogP) is 4.37. The Morgan fingerprint density at radius 3 is 2.62 bits per heavy atom. The Hall–Kier alpha value is -0.990. The molecule has 0 aliphatic carbocycles. The van der Waals surface area contributed by atoms with Gasteiger partial charge in [-0.1, -0.05) is 41.3 Å². The Bertz CT molecular complexity index is 690. The lowest BCUT2D eigenvalue weighted by molar-refractivity contribution is 0.371. The lowest BCUT2D eigenvalue weighted by Crippen LogP contribution is -2.37. The van der Waals surface area contributed by atoms with Crippen LogP contribution in [0.2, 0.25) is 10.0 Å². The quantitative estimate of drug-likeness (QED) is 0.390. The molecule has 1 N–H and O–H groups in total. The van der Waals surface area contributed by atoms with E-state index in [1.165, 1.54) is 0 Å². The molecule has 1 aromatic heterocycles. The highest BCUT2D eigenvalue weighted by Gasteiger charge is 2.09. The topological polar surface area (TPSA) is 53.7 Å². The van der Waals surface area contributed by atoms with E-state index in [1.807, 2.05) is 37.1 Å². The second-order valence-electron chi connectivity index (χ2n) is 5.14. The zero-order chi connectivity index (χ0) is 16.8. The molecule has 0 fully saturated rings. The van der Waals surface area contributed by atoms with E-state index in [0.717, 1.165) is 29.4 Å². The van der Waals surface area contributed by atoms with Crippen LogP contribution in [0.5, 0.6) is 0 Å². The molecule has 1 aromatic carbocycles. The van der Waals surface area contributed by atoms with Gasteiger partial charge in [-0.05, 0) is 24.1 Å². The van der Waals surface area contributed by atoms with Crippen LogP contribution in [0.25, 0.3) is 0 Å². The average molecular weight is 483 g/mol. The monoisotopic (exact) mass is 482 g/mol. The van der Waals surface area contributed by atoms with E-state index >= 15 is 0 Å². The molecule has 0 saturated heterocycles. The Kier molecular flexibility index (Phi) is 8.86. The van der Waals surface area contributed by atoms with Crippen molar-refractivity contribution >= 4 is 53.1 Å². The Morgan fingerprint density at radius 1 is 1.29 bits per heavy atom. The summed E-state index contributed by atoms with van der Waals surface area (Å²) in [5, 5.41) is 8.33. The number of nitrogens with one attached hydrogen (secondary N) is 1. The number of aromatic nitrogens is 1. The van der Waals surface area contributed by atoms with Gasteiger partial charge in [0.2, 0.25) is 0 Å². The number of aryl methyl sites for hydroxylation is 1. The molecule has 0 aliphatic rings. The minimum absolute atomic E-state index is 0. The molecular weight excluding hydrogens is 462 g/mol. The molecule has 0 spiro atoms. The maximum absolute atomic E-state index is 6.05. The standard InChI is InChI=1S/C16H20Cl2N4O.HI/c1-4-12-8-13(23-21-12)9-20-16(19-2)22(3)10-11-5-6-14(17)15(18)7-11;/h5-8H,4,9-10H2,1-3H3,(H,19,20);1H. The van der Waals surface area contributed by atoms with Gasteiger partial charge in [0.25, 0.3) is 0 Å². The van der Waals surface area contributed by atoms with E-state index in [1.54, 1.807) is 13.1 Å². The van der Waals surface area contributed by atoms with E-state index in [2.05, 4.69) is 15.5 Å². The van der Waals surface area contributed by atoms with Gasteiger partial charge in [0.15, 0.2) is 11.7 Å². The van der Waals surface area contributed by atoms with Gasteiger partial charge in [0.05, 0.1) is 22.3 Å². The minimum Gasteiger partial charge on any atom is -0.359 e. The van der Waals surface area contributed by atoms with Crippen molar-refractivity contribution in [2.75, 3.05) is 14.1 Å². The molecule has 2 rings (SSSR count). The highest BCUT2D eigenvalue weighted by atomic mass is 127. The minimum atomic E-state index is 0. The third kappa shape index (κ3) is 5.82. The normalized spacial score (nSPS) is 11.1. The zero-order valence-corrected chi connectivity index (χ0v) is 17.7. The van der Waals surface area contributed by atoms with Gasteiger partial charge in [0.1, 0.15) is 0 Å². The second-order valence-corrected chi connectivity index (χ2v) is 5.96. The van der Waals surface area contributed by atoms with Crippen LogP contribution in [0.1, 0.15) is 23.9 Å². The zero-order valence-electron chi connectivity index (χ0n) is 13.8. The summed E-state index contributed by atoms with van der Waals surface area (Å²) in [6.07, 6.45) is 0.857. The predicted molar refractivity (Wildman–Crippen MR) is 109 cm³/mol. The number of nitrogens with zero attached hydrogens (tertiary/aromatic N) is 3. The van der Waals surface area contributed by atoms with Gasteiger partial charge < -0.3 is 14.7 Å². The Labute approximate surface area is 169 Å². The molecule has 132 valence electrons. The van der Waals surface area contributed by atoms with Crippen molar-refractivity contribution in [1.29, 1.82) is 0 Å². The number of hydrogen-bond donors (Lipinski definition) is 1. The van der Waals surface area contributed by atoms with Crippen molar-refractivity contribution in [3.05, 3.63) is 51.3 Å². The molecule has 2 aromatic rings. The molecule has 24 heavy (non-hydrogen) atoms. The summed E-state index contributed by atoms with van der Waals surface area (Å²) in [5.74, 6) is 1.54. The molecule has 0 aliphatic heterocycles. The summed E-state index contributed by atoms with van der Waals surface area (Å²) in [6, 6.07) is 7.54. The number of halogens is 3. The van der Waals surface area contributed by atoms with E-state index in [0.29, 0.717) is 23.1 Å². The summed E-state index contributed by atoms with van der Waals surface area (Å²) >= 11 is 12.0. The second kappa shape index (κ2) is 10.1. The van der Waals surface area contributed by atoms with Crippen molar-refractivity contribution < 1.29 is 4.52 Å². The van der Waals surface area contributed by atoms with Gasteiger partial charge in [-0.3, -0.25) is 4.99 Å². The van der Waals surface area contributed by atoms with E-state index < -0.39 is 0 Å². The molecule has 0 radical (unpaired) electrons. The lowest BCUT2D eigenvalue weighted by atomic mass is 10.2. The number of rotatable bonds is 5. The number of hydrogen-bond acceptors (Lipinski definition) is 3. The summed E-state index contributed by atoms with van der Waals surface area (Å²) in [5.41, 5.74) is 2.00. The molecular formula is C16H21Cl2IN4O. The molecule has 0 unspecified atom stereocenters. The van der Waals surface area contributed by atoms with E-state index in [4.69, 9.17) is 27.7 Å². The maximum Gasteiger partial charge on any atom is 0.194 e. The summed E-state index contributed by atoms with van der Waals surface area (Å²) in [6.45, 7) is 3.23. The van der Waals surface area contributed by atoms with Crippen LogP contribution in [-0.4, -0.2) is 30.1 Å². The first-order valence-electron chi connectivity index (χ1n) is 7.33. The lowest BCUT2D eigenvalue weighted by Gasteiger charge is -2.22. The molecule has 1 heterocycles. The van der Waals surface area contributed by atoms with Crippen LogP contribution in [0.15, 0.2) is 33.8 Å². The maximum atomic E-state index is 6.05. The fourth-order valence-corrected chi connectivity index (χ4v) is 2.46. The highest BCUT2D eigenvalue weighted by Crippen LogP contribution is 2.23. The molecule has 5 nitrogen and oxygen atoms in total. The number of benzene rings is 1. The van der Waals surface area contributed by atoms with Gasteiger partial charge in [-0.15, -0.1) is 24.0 Å². The van der Waals surface area contributed by atoms with E-state index in [9.17, 15) is 0 Å². The average Bonchev–Trinajstić information content (AvgIpc) is 2.99. The third-order valence-electron chi connectivity index (χ3n) is 3.37. The van der Waals surface area contributed by atoms with Crippen LogP contribution >= 0.6 is 47.2 Å².